The molecule has 0 spiro atoms. The van der Waals surface area contributed by atoms with Crippen molar-refractivity contribution < 1.29 is 14.6 Å². The summed E-state index contributed by atoms with van der Waals surface area (Å²) in [5, 5.41) is 27.3. The number of rotatable bonds is 7. The first-order valence-corrected chi connectivity index (χ1v) is 7.77. The molecule has 1 fully saturated rings. The molecule has 22 heavy (non-hydrogen) atoms. The van der Waals surface area contributed by atoms with Gasteiger partial charge in [-0.1, -0.05) is 9.70 Å². The Hall–Kier alpha value is -1.46. The third kappa shape index (κ3) is 3.65. The van der Waals surface area contributed by atoms with E-state index in [0.29, 0.717) is 26.3 Å². The number of hydrogen-bond acceptors (Lipinski definition) is 9. The molecule has 0 unspecified atom stereocenters. The molecule has 3 heterocycles. The molecule has 0 aromatic carbocycles. The number of aliphatic hydroxyl groups is 1. The molecule has 2 aromatic rings. The van der Waals surface area contributed by atoms with Gasteiger partial charge in [-0.2, -0.15) is 0 Å². The summed E-state index contributed by atoms with van der Waals surface area (Å²) in [6.07, 6.45) is 1.08. The van der Waals surface area contributed by atoms with E-state index in [-0.39, 0.29) is 12.1 Å². The molecule has 2 N–H and O–H groups in total. The highest BCUT2D eigenvalue weighted by atomic mass is 32.1. The molecule has 1 saturated heterocycles. The van der Waals surface area contributed by atoms with Crippen LogP contribution in [0.5, 0.6) is 0 Å². The molecule has 0 saturated carbocycles. The lowest BCUT2D eigenvalue weighted by molar-refractivity contribution is 0.0741. The zero-order chi connectivity index (χ0) is 15.4. The van der Waals surface area contributed by atoms with Gasteiger partial charge in [-0.3, -0.25) is 0 Å². The fraction of sp³-hybridized carbons (Fsp3) is 0.667. The first-order chi connectivity index (χ1) is 10.8. The summed E-state index contributed by atoms with van der Waals surface area (Å²) in [7, 11) is 1.61. The number of nitrogens with zero attached hydrogens (tertiary/aromatic N) is 5. The Morgan fingerprint density at radius 1 is 1.50 bits per heavy atom. The molecule has 2 aromatic heterocycles. The van der Waals surface area contributed by atoms with Gasteiger partial charge < -0.3 is 19.9 Å². The second kappa shape index (κ2) is 7.20. The lowest BCUT2D eigenvalue weighted by Gasteiger charge is -2.21. The third-order valence-electron chi connectivity index (χ3n) is 3.47. The lowest BCUT2D eigenvalue weighted by atomic mass is 10.1. The van der Waals surface area contributed by atoms with Gasteiger partial charge >= 0.3 is 0 Å². The molecule has 1 aliphatic rings. The van der Waals surface area contributed by atoms with Crippen molar-refractivity contribution in [3.05, 3.63) is 23.0 Å². The molecule has 0 radical (unpaired) electrons. The van der Waals surface area contributed by atoms with Crippen LogP contribution in [-0.2, 0) is 29.2 Å². The summed E-state index contributed by atoms with van der Waals surface area (Å²) in [4.78, 5) is 0. The van der Waals surface area contributed by atoms with Crippen LogP contribution >= 0.6 is 11.5 Å². The smallest absolute Gasteiger partial charge is 0.108 e. The minimum atomic E-state index is -0.557. The van der Waals surface area contributed by atoms with E-state index in [1.54, 1.807) is 11.8 Å². The minimum absolute atomic E-state index is 0.182. The van der Waals surface area contributed by atoms with Crippen molar-refractivity contribution in [2.24, 2.45) is 0 Å². The topological polar surface area (TPSA) is 107 Å². The first kappa shape index (κ1) is 15.4. The Labute approximate surface area is 131 Å². The third-order valence-corrected chi connectivity index (χ3v) is 4.02. The minimum Gasteiger partial charge on any atom is -0.389 e. The van der Waals surface area contributed by atoms with Gasteiger partial charge in [0.05, 0.1) is 49.9 Å². The second-order valence-corrected chi connectivity index (χ2v) is 5.72. The SMILES string of the molecule is COCc1cn(C[C@H]2OC[C@H](O)[C@H]2NCc2csnn2)nn1. The Balaban J connectivity index is 1.58. The van der Waals surface area contributed by atoms with Gasteiger partial charge in [0.15, 0.2) is 0 Å². The highest BCUT2D eigenvalue weighted by molar-refractivity contribution is 7.03. The predicted octanol–water partition coefficient (Wildman–Crippen LogP) is -0.806. The maximum atomic E-state index is 10.1. The number of aliphatic hydroxyl groups excluding tert-OH is 1. The van der Waals surface area contributed by atoms with E-state index >= 15 is 0 Å². The Bertz CT molecular complexity index is 577. The van der Waals surface area contributed by atoms with Gasteiger partial charge in [-0.25, -0.2) is 4.68 Å². The van der Waals surface area contributed by atoms with E-state index in [4.69, 9.17) is 9.47 Å². The highest BCUT2D eigenvalue weighted by Crippen LogP contribution is 2.17. The van der Waals surface area contributed by atoms with Crippen molar-refractivity contribution in [1.82, 2.24) is 29.9 Å². The van der Waals surface area contributed by atoms with Crippen LogP contribution in [-0.4, -0.2) is 61.7 Å². The number of nitrogens with one attached hydrogen (secondary N) is 1. The largest absolute Gasteiger partial charge is 0.389 e. The monoisotopic (exact) mass is 326 g/mol. The summed E-state index contributed by atoms with van der Waals surface area (Å²) in [6.45, 7) is 1.79. The second-order valence-electron chi connectivity index (χ2n) is 5.11. The van der Waals surface area contributed by atoms with Crippen LogP contribution in [0.3, 0.4) is 0 Å². The average Bonchev–Trinajstić information content (AvgIpc) is 3.22. The van der Waals surface area contributed by atoms with Crippen LogP contribution in [0, 0.1) is 0 Å². The first-order valence-electron chi connectivity index (χ1n) is 6.93. The molecule has 0 amide bonds. The average molecular weight is 326 g/mol. The maximum absolute atomic E-state index is 10.1. The fourth-order valence-corrected chi connectivity index (χ4v) is 2.87. The molecule has 10 heteroatoms. The highest BCUT2D eigenvalue weighted by Gasteiger charge is 2.36. The summed E-state index contributed by atoms with van der Waals surface area (Å²) < 4.78 is 16.2. The van der Waals surface area contributed by atoms with Crippen LogP contribution in [0.4, 0.5) is 0 Å². The van der Waals surface area contributed by atoms with E-state index in [1.165, 1.54) is 11.5 Å². The molecule has 1 aliphatic heterocycles. The summed E-state index contributed by atoms with van der Waals surface area (Å²) in [6, 6.07) is -0.184. The Morgan fingerprint density at radius 3 is 3.18 bits per heavy atom. The quantitative estimate of drug-likeness (QED) is 0.680. The zero-order valence-electron chi connectivity index (χ0n) is 12.1. The summed E-state index contributed by atoms with van der Waals surface area (Å²) in [5.41, 5.74) is 1.62. The maximum Gasteiger partial charge on any atom is 0.108 e. The van der Waals surface area contributed by atoms with Crippen molar-refractivity contribution >= 4 is 11.5 Å². The van der Waals surface area contributed by atoms with Crippen molar-refractivity contribution in [3.63, 3.8) is 0 Å². The number of methoxy groups -OCH3 is 1. The Kier molecular flexibility index (Phi) is 5.05. The van der Waals surface area contributed by atoms with Crippen LogP contribution in [0.15, 0.2) is 11.6 Å². The van der Waals surface area contributed by atoms with E-state index in [0.717, 1.165) is 11.4 Å². The van der Waals surface area contributed by atoms with E-state index < -0.39 is 6.10 Å². The molecule has 120 valence electrons. The van der Waals surface area contributed by atoms with Gasteiger partial charge in [0.2, 0.25) is 0 Å². The van der Waals surface area contributed by atoms with E-state index in [2.05, 4.69) is 25.2 Å². The number of hydrogen-bond donors (Lipinski definition) is 2. The lowest BCUT2D eigenvalue weighted by Crippen LogP contribution is -2.45. The molecular formula is C12H18N6O3S. The fourth-order valence-electron chi connectivity index (χ4n) is 2.42. The van der Waals surface area contributed by atoms with E-state index in [9.17, 15) is 5.11 Å². The van der Waals surface area contributed by atoms with Crippen molar-refractivity contribution in [2.45, 2.75) is 37.9 Å². The number of aromatic nitrogens is 5. The normalized spacial score (nSPS) is 24.9. The van der Waals surface area contributed by atoms with Crippen LogP contribution < -0.4 is 5.32 Å². The van der Waals surface area contributed by atoms with E-state index in [1.807, 2.05) is 11.6 Å². The molecule has 9 nitrogen and oxygen atoms in total. The summed E-state index contributed by atoms with van der Waals surface area (Å²) in [5.74, 6) is 0. The molecule has 0 bridgehead atoms. The van der Waals surface area contributed by atoms with Gasteiger partial charge in [0, 0.05) is 19.0 Å². The predicted molar refractivity (Wildman–Crippen MR) is 77.0 cm³/mol. The molecular weight excluding hydrogens is 308 g/mol. The summed E-state index contributed by atoms with van der Waals surface area (Å²) >= 11 is 1.30. The molecule has 0 aliphatic carbocycles. The van der Waals surface area contributed by atoms with Gasteiger partial charge in [0.25, 0.3) is 0 Å². The van der Waals surface area contributed by atoms with Crippen LogP contribution in [0.1, 0.15) is 11.4 Å². The van der Waals surface area contributed by atoms with Gasteiger partial charge in [-0.15, -0.1) is 10.2 Å². The van der Waals surface area contributed by atoms with Crippen LogP contribution in [0.25, 0.3) is 0 Å². The zero-order valence-corrected chi connectivity index (χ0v) is 12.9. The molecule has 3 atom stereocenters. The number of ether oxygens (including phenoxy) is 2. The van der Waals surface area contributed by atoms with Crippen molar-refractivity contribution in [1.29, 1.82) is 0 Å². The standard InChI is InChI=1S/C12H18N6O3S/c1-20-5-9-3-18(16-14-9)4-11-12(10(19)6-21-11)13-2-8-7-22-17-15-8/h3,7,10-13,19H,2,4-6H2,1H3/t10-,11+,12+/m0/s1. The van der Waals surface area contributed by atoms with Gasteiger partial charge in [0.1, 0.15) is 5.69 Å². The van der Waals surface area contributed by atoms with Crippen molar-refractivity contribution in [3.8, 4) is 0 Å². The molecule has 3 rings (SSSR count). The Morgan fingerprint density at radius 2 is 2.41 bits per heavy atom. The van der Waals surface area contributed by atoms with Gasteiger partial charge in [-0.05, 0) is 11.5 Å². The van der Waals surface area contributed by atoms with Crippen LogP contribution in [0.2, 0.25) is 0 Å². The van der Waals surface area contributed by atoms with Crippen molar-refractivity contribution in [2.75, 3.05) is 13.7 Å².